The fraction of sp³-hybridized carbons (Fsp3) is 0.381. The number of anilines is 1. The maximum atomic E-state index is 12.8. The van der Waals surface area contributed by atoms with E-state index in [0.717, 1.165) is 50.8 Å². The van der Waals surface area contributed by atoms with Crippen LogP contribution in [-0.2, 0) is 16.4 Å². The minimum atomic E-state index is -3.33. The van der Waals surface area contributed by atoms with Crippen LogP contribution in [0.3, 0.4) is 0 Å². The maximum Gasteiger partial charge on any atom is 0.229 e. The van der Waals surface area contributed by atoms with E-state index < -0.39 is 10.0 Å². The molecule has 0 bridgehead atoms. The molecule has 0 saturated carbocycles. The summed E-state index contributed by atoms with van der Waals surface area (Å²) < 4.78 is 24.9. The van der Waals surface area contributed by atoms with Crippen LogP contribution in [0.5, 0.6) is 0 Å². The summed E-state index contributed by atoms with van der Waals surface area (Å²) >= 11 is 0. The summed E-state index contributed by atoms with van der Waals surface area (Å²) in [7, 11) is -3.33. The van der Waals surface area contributed by atoms with Crippen LogP contribution in [0, 0.1) is 17.2 Å². The molecule has 1 fully saturated rings. The number of carbonyl (C=O) groups is 1. The number of nitrogens with zero attached hydrogens (tertiary/aromatic N) is 3. The predicted molar refractivity (Wildman–Crippen MR) is 111 cm³/mol. The molecule has 1 aliphatic heterocycles. The van der Waals surface area contributed by atoms with Gasteiger partial charge in [0.25, 0.3) is 0 Å². The second-order valence-electron chi connectivity index (χ2n) is 7.29. The zero-order chi connectivity index (χ0) is 20.9. The smallest absolute Gasteiger partial charge is 0.229 e. The first-order chi connectivity index (χ1) is 13.9. The van der Waals surface area contributed by atoms with E-state index in [4.69, 9.17) is 5.26 Å². The number of nitriles is 1. The number of likely N-dealkylation sites (tertiary alicyclic amines) is 1. The van der Waals surface area contributed by atoms with Crippen molar-refractivity contribution in [2.75, 3.05) is 30.6 Å². The molecular formula is C21H24N4O3S. The molecule has 0 radical (unpaired) electrons. The van der Waals surface area contributed by atoms with Gasteiger partial charge in [-0.05, 0) is 62.3 Å². The summed E-state index contributed by atoms with van der Waals surface area (Å²) in [5, 5.41) is 9.16. The Kier molecular flexibility index (Phi) is 6.62. The molecular weight excluding hydrogens is 388 g/mol. The van der Waals surface area contributed by atoms with E-state index in [0.29, 0.717) is 16.8 Å². The third-order valence-corrected chi connectivity index (χ3v) is 5.71. The van der Waals surface area contributed by atoms with Crippen LogP contribution in [0.1, 0.15) is 34.5 Å². The number of carbonyl (C=O) groups excluding carboxylic acids is 1. The van der Waals surface area contributed by atoms with Crippen LogP contribution >= 0.6 is 0 Å². The Morgan fingerprint density at radius 3 is 2.55 bits per heavy atom. The van der Waals surface area contributed by atoms with Gasteiger partial charge in [0.15, 0.2) is 5.78 Å². The molecule has 0 amide bonds. The highest BCUT2D eigenvalue weighted by molar-refractivity contribution is 7.92. The van der Waals surface area contributed by atoms with Gasteiger partial charge in [0.1, 0.15) is 6.07 Å². The molecule has 2 heterocycles. The molecule has 1 N–H and O–H groups in total. The van der Waals surface area contributed by atoms with Crippen molar-refractivity contribution in [2.45, 2.75) is 19.3 Å². The van der Waals surface area contributed by atoms with Gasteiger partial charge in [0, 0.05) is 36.3 Å². The number of rotatable bonds is 7. The maximum absolute atomic E-state index is 12.8. The first-order valence-corrected chi connectivity index (χ1v) is 11.4. The molecule has 2 aromatic rings. The molecule has 29 heavy (non-hydrogen) atoms. The molecule has 0 unspecified atom stereocenters. The van der Waals surface area contributed by atoms with Crippen molar-refractivity contribution in [3.05, 3.63) is 59.4 Å². The Balaban J connectivity index is 1.51. The van der Waals surface area contributed by atoms with Crippen LogP contribution in [0.2, 0.25) is 0 Å². The monoisotopic (exact) mass is 412 g/mol. The number of Topliss-reactive ketones (excluding diaryl/α,β-unsaturated/α-hetero) is 1. The van der Waals surface area contributed by atoms with Crippen LogP contribution in [0.25, 0.3) is 0 Å². The molecule has 7 nitrogen and oxygen atoms in total. The van der Waals surface area contributed by atoms with Crippen molar-refractivity contribution in [1.29, 1.82) is 5.26 Å². The van der Waals surface area contributed by atoms with Crippen molar-refractivity contribution in [3.63, 3.8) is 0 Å². The van der Waals surface area contributed by atoms with Gasteiger partial charge in [-0.3, -0.25) is 14.5 Å². The second-order valence-corrected chi connectivity index (χ2v) is 9.04. The van der Waals surface area contributed by atoms with E-state index >= 15 is 0 Å². The third kappa shape index (κ3) is 5.86. The van der Waals surface area contributed by atoms with Crippen LogP contribution in [0.4, 0.5) is 5.69 Å². The molecule has 1 saturated heterocycles. The van der Waals surface area contributed by atoms with Crippen molar-refractivity contribution in [2.24, 2.45) is 5.92 Å². The molecule has 1 aliphatic rings. The Hall–Kier alpha value is -2.76. The number of pyridine rings is 1. The topological polar surface area (TPSA) is 103 Å². The van der Waals surface area contributed by atoms with Gasteiger partial charge >= 0.3 is 0 Å². The highest BCUT2D eigenvalue weighted by atomic mass is 32.2. The van der Waals surface area contributed by atoms with Crippen LogP contribution in [0.15, 0.2) is 42.6 Å². The summed E-state index contributed by atoms with van der Waals surface area (Å²) in [6.45, 7) is 2.48. The van der Waals surface area contributed by atoms with E-state index in [-0.39, 0.29) is 11.7 Å². The van der Waals surface area contributed by atoms with E-state index in [1.165, 1.54) is 0 Å². The number of aromatic nitrogens is 1. The Morgan fingerprint density at radius 2 is 1.93 bits per heavy atom. The summed E-state index contributed by atoms with van der Waals surface area (Å²) in [5.41, 5.74) is 2.49. The van der Waals surface area contributed by atoms with Gasteiger partial charge in [0.2, 0.25) is 10.0 Å². The van der Waals surface area contributed by atoms with Gasteiger partial charge in [-0.25, -0.2) is 8.42 Å². The lowest BCUT2D eigenvalue weighted by molar-refractivity contribution is 0.0841. The largest absolute Gasteiger partial charge is 0.303 e. The fourth-order valence-electron chi connectivity index (χ4n) is 3.57. The number of ketones is 1. The minimum absolute atomic E-state index is 0.0236. The summed E-state index contributed by atoms with van der Waals surface area (Å²) in [4.78, 5) is 19.4. The quantitative estimate of drug-likeness (QED) is 0.701. The highest BCUT2D eigenvalue weighted by Gasteiger charge is 2.25. The molecule has 8 heteroatoms. The molecule has 0 aliphatic carbocycles. The molecule has 3 rings (SSSR count). The highest BCUT2D eigenvalue weighted by Crippen LogP contribution is 2.23. The molecule has 152 valence electrons. The van der Waals surface area contributed by atoms with E-state index in [1.54, 1.807) is 42.6 Å². The van der Waals surface area contributed by atoms with E-state index in [9.17, 15) is 13.2 Å². The summed E-state index contributed by atoms with van der Waals surface area (Å²) in [5.74, 6) is 0.0801. The Bertz CT molecular complexity index is 1000. The second kappa shape index (κ2) is 9.16. The van der Waals surface area contributed by atoms with Crippen molar-refractivity contribution >= 4 is 21.5 Å². The first-order valence-electron chi connectivity index (χ1n) is 9.54. The fourth-order valence-corrected chi connectivity index (χ4v) is 4.14. The third-order valence-electron chi connectivity index (χ3n) is 5.11. The van der Waals surface area contributed by atoms with Gasteiger partial charge < -0.3 is 4.90 Å². The summed E-state index contributed by atoms with van der Waals surface area (Å²) in [6.07, 6.45) is 5.09. The SMILES string of the molecule is CS(=O)(=O)Nc1ccc(C(=O)C2CCN(CCc3ncccc3C#N)CC2)cc1. The van der Waals surface area contributed by atoms with Gasteiger partial charge in [-0.1, -0.05) is 0 Å². The molecule has 1 aromatic carbocycles. The van der Waals surface area contributed by atoms with Crippen molar-refractivity contribution in [1.82, 2.24) is 9.88 Å². The van der Waals surface area contributed by atoms with Gasteiger partial charge in [0.05, 0.1) is 17.5 Å². The number of sulfonamides is 1. The van der Waals surface area contributed by atoms with Gasteiger partial charge in [-0.15, -0.1) is 0 Å². The zero-order valence-corrected chi connectivity index (χ0v) is 17.2. The number of hydrogen-bond acceptors (Lipinski definition) is 6. The first kappa shape index (κ1) is 21.0. The average Bonchev–Trinajstić information content (AvgIpc) is 2.72. The predicted octanol–water partition coefficient (Wildman–Crippen LogP) is 2.46. The number of piperidine rings is 1. The number of nitrogens with one attached hydrogen (secondary N) is 1. The van der Waals surface area contributed by atoms with Gasteiger partial charge in [-0.2, -0.15) is 5.26 Å². The number of hydrogen-bond donors (Lipinski definition) is 1. The molecule has 0 atom stereocenters. The van der Waals surface area contributed by atoms with Crippen LogP contribution < -0.4 is 4.72 Å². The van der Waals surface area contributed by atoms with E-state index in [1.807, 2.05) is 0 Å². The summed E-state index contributed by atoms with van der Waals surface area (Å²) in [6, 6.07) is 12.3. The standard InChI is InChI=1S/C21H24N4O3S/c1-29(27,28)24-19-6-4-16(5-7-19)21(26)17-8-12-25(13-9-17)14-10-20-18(15-22)3-2-11-23-20/h2-7,11,17,24H,8-10,12-14H2,1H3. The molecule has 0 spiro atoms. The lowest BCUT2D eigenvalue weighted by Gasteiger charge is -2.31. The Morgan fingerprint density at radius 1 is 1.24 bits per heavy atom. The lowest BCUT2D eigenvalue weighted by atomic mass is 9.88. The number of benzene rings is 1. The average molecular weight is 413 g/mol. The van der Waals surface area contributed by atoms with E-state index in [2.05, 4.69) is 20.7 Å². The zero-order valence-electron chi connectivity index (χ0n) is 16.3. The normalized spacial score (nSPS) is 15.6. The molecule has 1 aromatic heterocycles. The minimum Gasteiger partial charge on any atom is -0.303 e. The lowest BCUT2D eigenvalue weighted by Crippen LogP contribution is -2.37. The van der Waals surface area contributed by atoms with Crippen molar-refractivity contribution in [3.8, 4) is 6.07 Å². The van der Waals surface area contributed by atoms with Crippen LogP contribution in [-0.4, -0.2) is 50.0 Å². The van der Waals surface area contributed by atoms with Crippen molar-refractivity contribution < 1.29 is 13.2 Å². The Labute approximate surface area is 171 Å².